The lowest BCUT2D eigenvalue weighted by Crippen LogP contribution is -2.01. The van der Waals surface area contributed by atoms with Crippen LogP contribution in [0.4, 0.5) is 0 Å². The van der Waals surface area contributed by atoms with Crippen LogP contribution < -0.4 is 0 Å². The van der Waals surface area contributed by atoms with Gasteiger partial charge in [0, 0.05) is 4.90 Å². The normalized spacial score (nSPS) is 12.3. The van der Waals surface area contributed by atoms with Gasteiger partial charge in [-0.1, -0.05) is 44.2 Å². The highest BCUT2D eigenvalue weighted by Gasteiger charge is 2.09. The van der Waals surface area contributed by atoms with Crippen molar-refractivity contribution in [3.63, 3.8) is 0 Å². The molecule has 0 amide bonds. The van der Waals surface area contributed by atoms with Crippen LogP contribution in [-0.2, 0) is 16.6 Å². The van der Waals surface area contributed by atoms with Gasteiger partial charge in [-0.25, -0.2) is 4.79 Å². The molecule has 0 saturated heterocycles. The van der Waals surface area contributed by atoms with E-state index in [1.807, 2.05) is 24.3 Å². The Labute approximate surface area is 127 Å². The molecule has 0 aliphatic carbocycles. The first-order chi connectivity index (χ1) is 9.97. The summed E-state index contributed by atoms with van der Waals surface area (Å²) in [5.41, 5.74) is 2.40. The van der Waals surface area contributed by atoms with Crippen LogP contribution in [0.2, 0.25) is 0 Å². The van der Waals surface area contributed by atoms with Gasteiger partial charge in [-0.05, 0) is 35.2 Å². The van der Waals surface area contributed by atoms with Crippen LogP contribution >= 0.6 is 0 Å². The monoisotopic (exact) mass is 302 g/mol. The molecule has 0 saturated carbocycles. The second-order valence-corrected chi connectivity index (χ2v) is 6.67. The Morgan fingerprint density at radius 3 is 2.38 bits per heavy atom. The minimum atomic E-state index is -1.24. The average molecular weight is 302 g/mol. The highest BCUT2D eigenvalue weighted by atomic mass is 32.2. The number of rotatable bonds is 5. The number of hydrogen-bond acceptors (Lipinski definition) is 2. The zero-order valence-electron chi connectivity index (χ0n) is 12.1. The quantitative estimate of drug-likeness (QED) is 0.913. The number of aromatic carboxylic acids is 1. The largest absolute Gasteiger partial charge is 0.478 e. The van der Waals surface area contributed by atoms with Crippen LogP contribution in [0.25, 0.3) is 0 Å². The van der Waals surface area contributed by atoms with Crippen LogP contribution in [0.3, 0.4) is 0 Å². The Hall–Kier alpha value is -1.94. The molecule has 0 fully saturated rings. The minimum absolute atomic E-state index is 0.163. The number of carbonyl (C=O) groups is 1. The standard InChI is InChI=1S/C17H18O3S/c1-12(2)14-8-6-13(7-9-14)11-21(20)16-5-3-4-15(10-16)17(18)19/h3-10,12H,11H2,1-2H3,(H,18,19). The molecule has 0 aliphatic heterocycles. The summed E-state index contributed by atoms with van der Waals surface area (Å²) in [6.45, 7) is 4.26. The highest BCUT2D eigenvalue weighted by Crippen LogP contribution is 2.18. The lowest BCUT2D eigenvalue weighted by atomic mass is 10.0. The first kappa shape index (κ1) is 15.4. The third kappa shape index (κ3) is 4.02. The molecule has 1 N–H and O–H groups in total. The van der Waals surface area contributed by atoms with Crippen molar-refractivity contribution in [1.82, 2.24) is 0 Å². The zero-order chi connectivity index (χ0) is 15.4. The summed E-state index contributed by atoms with van der Waals surface area (Å²) in [7, 11) is -1.24. The van der Waals surface area contributed by atoms with Gasteiger partial charge in [0.2, 0.25) is 0 Å². The van der Waals surface area contributed by atoms with E-state index < -0.39 is 16.8 Å². The van der Waals surface area contributed by atoms with Gasteiger partial charge in [0.25, 0.3) is 0 Å². The zero-order valence-corrected chi connectivity index (χ0v) is 12.9. The maximum atomic E-state index is 12.3. The Morgan fingerprint density at radius 1 is 1.14 bits per heavy atom. The van der Waals surface area contributed by atoms with E-state index in [0.717, 1.165) is 5.56 Å². The number of benzene rings is 2. The lowest BCUT2D eigenvalue weighted by molar-refractivity contribution is 0.0696. The smallest absolute Gasteiger partial charge is 0.335 e. The van der Waals surface area contributed by atoms with Gasteiger partial charge in [0.05, 0.1) is 22.1 Å². The number of carboxylic acid groups (broad SMARTS) is 1. The van der Waals surface area contributed by atoms with Gasteiger partial charge >= 0.3 is 5.97 Å². The summed E-state index contributed by atoms with van der Waals surface area (Å²) in [5, 5.41) is 8.96. The van der Waals surface area contributed by atoms with Crippen LogP contribution in [0, 0.1) is 0 Å². The first-order valence-corrected chi connectivity index (χ1v) is 8.10. The summed E-state index contributed by atoms with van der Waals surface area (Å²) in [5.74, 6) is -0.145. The fourth-order valence-electron chi connectivity index (χ4n) is 2.00. The molecule has 21 heavy (non-hydrogen) atoms. The molecule has 2 aromatic carbocycles. The molecule has 0 spiro atoms. The van der Waals surface area contributed by atoms with E-state index in [1.54, 1.807) is 12.1 Å². The summed E-state index contributed by atoms with van der Waals surface area (Å²) in [6, 6.07) is 14.4. The predicted octanol–water partition coefficient (Wildman–Crippen LogP) is 3.82. The second-order valence-electron chi connectivity index (χ2n) is 5.22. The summed E-state index contributed by atoms with van der Waals surface area (Å²) >= 11 is 0. The van der Waals surface area contributed by atoms with Crippen molar-refractivity contribution in [2.45, 2.75) is 30.4 Å². The Balaban J connectivity index is 2.14. The molecule has 110 valence electrons. The number of hydrogen-bond donors (Lipinski definition) is 1. The van der Waals surface area contributed by atoms with Crippen LogP contribution in [0.15, 0.2) is 53.4 Å². The van der Waals surface area contributed by atoms with Gasteiger partial charge in [0.1, 0.15) is 0 Å². The van der Waals surface area contributed by atoms with Gasteiger partial charge in [-0.3, -0.25) is 4.21 Å². The predicted molar refractivity (Wildman–Crippen MR) is 84.0 cm³/mol. The van der Waals surface area contributed by atoms with Crippen LogP contribution in [-0.4, -0.2) is 15.3 Å². The first-order valence-electron chi connectivity index (χ1n) is 6.78. The van der Waals surface area contributed by atoms with Crippen molar-refractivity contribution in [2.24, 2.45) is 0 Å². The van der Waals surface area contributed by atoms with Crippen molar-refractivity contribution >= 4 is 16.8 Å². The maximum Gasteiger partial charge on any atom is 0.335 e. The SMILES string of the molecule is CC(C)c1ccc(CS(=O)c2cccc(C(=O)O)c2)cc1. The van der Waals surface area contributed by atoms with Crippen LogP contribution in [0.1, 0.15) is 41.3 Å². The van der Waals surface area contributed by atoms with Crippen molar-refractivity contribution in [3.8, 4) is 0 Å². The van der Waals surface area contributed by atoms with Gasteiger partial charge < -0.3 is 5.11 Å². The Morgan fingerprint density at radius 2 is 1.81 bits per heavy atom. The number of carboxylic acids is 1. The molecular formula is C17H18O3S. The van der Waals surface area contributed by atoms with E-state index in [2.05, 4.69) is 13.8 Å². The highest BCUT2D eigenvalue weighted by molar-refractivity contribution is 7.84. The molecular weight excluding hydrogens is 284 g/mol. The Bertz CT molecular complexity index is 660. The lowest BCUT2D eigenvalue weighted by Gasteiger charge is -2.07. The molecule has 0 radical (unpaired) electrons. The van der Waals surface area contributed by atoms with E-state index in [1.165, 1.54) is 17.7 Å². The minimum Gasteiger partial charge on any atom is -0.478 e. The van der Waals surface area contributed by atoms with Crippen molar-refractivity contribution in [3.05, 3.63) is 65.2 Å². The third-order valence-corrected chi connectivity index (χ3v) is 4.66. The fraction of sp³-hybridized carbons (Fsp3) is 0.235. The molecule has 0 heterocycles. The van der Waals surface area contributed by atoms with Crippen LogP contribution in [0.5, 0.6) is 0 Å². The molecule has 0 aromatic heterocycles. The molecule has 2 rings (SSSR count). The summed E-state index contributed by atoms with van der Waals surface area (Å²) in [4.78, 5) is 11.5. The third-order valence-electron chi connectivity index (χ3n) is 3.29. The summed E-state index contributed by atoms with van der Waals surface area (Å²) in [6.07, 6.45) is 0. The van der Waals surface area contributed by atoms with Crippen molar-refractivity contribution < 1.29 is 14.1 Å². The van der Waals surface area contributed by atoms with E-state index in [4.69, 9.17) is 5.11 Å². The van der Waals surface area contributed by atoms with E-state index in [-0.39, 0.29) is 5.56 Å². The van der Waals surface area contributed by atoms with Gasteiger partial charge in [-0.15, -0.1) is 0 Å². The van der Waals surface area contributed by atoms with E-state index in [9.17, 15) is 9.00 Å². The van der Waals surface area contributed by atoms with E-state index >= 15 is 0 Å². The Kier molecular flexibility index (Phi) is 4.91. The average Bonchev–Trinajstić information content (AvgIpc) is 2.48. The van der Waals surface area contributed by atoms with Crippen molar-refractivity contribution in [2.75, 3.05) is 0 Å². The molecule has 4 heteroatoms. The second kappa shape index (κ2) is 6.68. The van der Waals surface area contributed by atoms with E-state index in [0.29, 0.717) is 16.6 Å². The van der Waals surface area contributed by atoms with Gasteiger partial charge in [0.15, 0.2) is 0 Å². The molecule has 1 atom stereocenters. The van der Waals surface area contributed by atoms with Gasteiger partial charge in [-0.2, -0.15) is 0 Å². The molecule has 0 bridgehead atoms. The van der Waals surface area contributed by atoms with Crippen molar-refractivity contribution in [1.29, 1.82) is 0 Å². The fourth-order valence-corrected chi connectivity index (χ4v) is 3.15. The molecule has 0 aliphatic rings. The molecule has 3 nitrogen and oxygen atoms in total. The maximum absolute atomic E-state index is 12.3. The summed E-state index contributed by atoms with van der Waals surface area (Å²) < 4.78 is 12.3. The topological polar surface area (TPSA) is 54.4 Å². The molecule has 1 unspecified atom stereocenters. The molecule has 2 aromatic rings.